The number of imidazole rings is 1. The minimum Gasteiger partial charge on any atom is -0.332 e. The largest absolute Gasteiger partial charge is 0.332 e. The lowest BCUT2D eigenvalue weighted by atomic mass is 10.1. The quantitative estimate of drug-likeness (QED) is 0.622. The first-order chi connectivity index (χ1) is 4.83. The van der Waals surface area contributed by atoms with Gasteiger partial charge in [-0.2, -0.15) is 0 Å². The van der Waals surface area contributed by atoms with Crippen molar-refractivity contribution < 1.29 is 0 Å². The molecule has 55 valence electrons. The minimum absolute atomic E-state index is 0.634. The molecule has 1 aromatic heterocycles. The maximum absolute atomic E-state index is 3.94. The Balaban J connectivity index is 2.40. The van der Waals surface area contributed by atoms with Gasteiger partial charge < -0.3 is 4.57 Å². The van der Waals surface area contributed by atoms with Gasteiger partial charge in [-0.05, 0) is 5.92 Å². The van der Waals surface area contributed by atoms with E-state index in [1.54, 1.807) is 6.20 Å². The Morgan fingerprint density at radius 1 is 1.70 bits per heavy atom. The molecule has 0 aliphatic rings. The fourth-order valence-corrected chi connectivity index (χ4v) is 0.757. The van der Waals surface area contributed by atoms with Crippen LogP contribution >= 0.6 is 0 Å². The molecule has 1 heterocycles. The zero-order valence-electron chi connectivity index (χ0n) is 6.49. The van der Waals surface area contributed by atoms with Crippen LogP contribution in [0.15, 0.2) is 18.7 Å². The molecular weight excluding hydrogens is 124 g/mol. The van der Waals surface area contributed by atoms with Gasteiger partial charge in [0.1, 0.15) is 0 Å². The maximum Gasteiger partial charge on any atom is 0.0949 e. The van der Waals surface area contributed by atoms with E-state index >= 15 is 0 Å². The van der Waals surface area contributed by atoms with Crippen LogP contribution in [-0.2, 0) is 0 Å². The minimum atomic E-state index is 0.634. The van der Waals surface area contributed by atoms with Crippen LogP contribution < -0.4 is 0 Å². The van der Waals surface area contributed by atoms with E-state index in [0.717, 1.165) is 0 Å². The third-order valence-corrected chi connectivity index (χ3v) is 1.60. The summed E-state index contributed by atoms with van der Waals surface area (Å²) in [6, 6.07) is 0. The number of rotatable bonds is 3. The molecule has 1 atom stereocenters. The lowest BCUT2D eigenvalue weighted by Crippen LogP contribution is -2.00. The first-order valence-corrected chi connectivity index (χ1v) is 3.65. The second kappa shape index (κ2) is 3.40. The summed E-state index contributed by atoms with van der Waals surface area (Å²) >= 11 is 0. The molecule has 1 unspecified atom stereocenters. The van der Waals surface area contributed by atoms with Crippen LogP contribution in [0.3, 0.4) is 0 Å². The van der Waals surface area contributed by atoms with Crippen molar-refractivity contribution >= 4 is 0 Å². The first-order valence-electron chi connectivity index (χ1n) is 3.65. The van der Waals surface area contributed by atoms with Gasteiger partial charge in [-0.3, -0.25) is 0 Å². The lowest BCUT2D eigenvalue weighted by Gasteiger charge is -2.06. The summed E-state index contributed by atoms with van der Waals surface area (Å²) in [5.41, 5.74) is 0. The Kier molecular flexibility index (Phi) is 2.49. The molecule has 2 nitrogen and oxygen atoms in total. The summed E-state index contributed by atoms with van der Waals surface area (Å²) in [5, 5.41) is 0. The molecule has 0 bridgehead atoms. The maximum atomic E-state index is 3.94. The third-order valence-electron chi connectivity index (χ3n) is 1.60. The zero-order valence-corrected chi connectivity index (χ0v) is 6.49. The van der Waals surface area contributed by atoms with Gasteiger partial charge >= 0.3 is 0 Å². The van der Waals surface area contributed by atoms with Crippen molar-refractivity contribution in [2.75, 3.05) is 0 Å². The number of hydrogen-bond donors (Lipinski definition) is 0. The summed E-state index contributed by atoms with van der Waals surface area (Å²) < 4.78 is 1.99. The second-order valence-corrected chi connectivity index (χ2v) is 2.54. The van der Waals surface area contributed by atoms with Gasteiger partial charge in [-0.1, -0.05) is 20.3 Å². The molecule has 0 aliphatic carbocycles. The van der Waals surface area contributed by atoms with Crippen molar-refractivity contribution in [1.29, 1.82) is 0 Å². The van der Waals surface area contributed by atoms with E-state index in [1.807, 2.05) is 17.1 Å². The summed E-state index contributed by atoms with van der Waals surface area (Å²) in [5.74, 6) is 0.634. The van der Waals surface area contributed by atoms with Crippen molar-refractivity contribution in [3.8, 4) is 0 Å². The van der Waals surface area contributed by atoms with Crippen LogP contribution in [-0.4, -0.2) is 9.55 Å². The van der Waals surface area contributed by atoms with Gasteiger partial charge in [-0.15, -0.1) is 0 Å². The summed E-state index contributed by atoms with van der Waals surface area (Å²) in [6.07, 6.45) is 6.73. The number of nitrogens with zero attached hydrogens (tertiary/aromatic N) is 2. The van der Waals surface area contributed by atoms with Crippen molar-refractivity contribution in [2.45, 2.75) is 20.3 Å². The standard InChI is InChI=1S/C8H13N2/c1-3-8(2)6-10-5-4-9-7-10/h4-8H,3H2,1-2H3. The van der Waals surface area contributed by atoms with Crippen molar-refractivity contribution in [3.05, 3.63) is 25.3 Å². The van der Waals surface area contributed by atoms with E-state index in [1.165, 1.54) is 6.42 Å². The van der Waals surface area contributed by atoms with E-state index in [9.17, 15) is 0 Å². The van der Waals surface area contributed by atoms with Gasteiger partial charge in [0.25, 0.3) is 0 Å². The van der Waals surface area contributed by atoms with Crippen LogP contribution in [0.1, 0.15) is 20.3 Å². The van der Waals surface area contributed by atoms with Gasteiger partial charge in [-0.25, -0.2) is 4.98 Å². The molecule has 0 spiro atoms. The molecule has 10 heavy (non-hydrogen) atoms. The Bertz CT molecular complexity index is 167. The van der Waals surface area contributed by atoms with E-state index in [0.29, 0.717) is 5.92 Å². The second-order valence-electron chi connectivity index (χ2n) is 2.54. The fourth-order valence-electron chi connectivity index (χ4n) is 0.757. The monoisotopic (exact) mass is 137 g/mol. The molecule has 0 N–H and O–H groups in total. The van der Waals surface area contributed by atoms with Crippen LogP contribution in [0.4, 0.5) is 0 Å². The van der Waals surface area contributed by atoms with E-state index in [-0.39, 0.29) is 0 Å². The highest BCUT2D eigenvalue weighted by atomic mass is 15.0. The molecule has 0 saturated carbocycles. The predicted molar refractivity (Wildman–Crippen MR) is 41.4 cm³/mol. The van der Waals surface area contributed by atoms with Gasteiger partial charge in [0.15, 0.2) is 0 Å². The normalized spacial score (nSPS) is 13.4. The van der Waals surface area contributed by atoms with Crippen LogP contribution in [0, 0.1) is 12.5 Å². The van der Waals surface area contributed by atoms with Crippen molar-refractivity contribution in [1.82, 2.24) is 9.55 Å². The Labute approximate surface area is 61.9 Å². The molecule has 0 fully saturated rings. The average Bonchev–Trinajstić information content (AvgIpc) is 2.40. The highest BCUT2D eigenvalue weighted by molar-refractivity contribution is 4.84. The molecule has 1 aromatic rings. The van der Waals surface area contributed by atoms with Crippen LogP contribution in [0.2, 0.25) is 0 Å². The summed E-state index contributed by atoms with van der Waals surface area (Å²) in [4.78, 5) is 3.94. The molecule has 0 amide bonds. The summed E-state index contributed by atoms with van der Waals surface area (Å²) in [7, 11) is 0. The topological polar surface area (TPSA) is 17.8 Å². The number of hydrogen-bond acceptors (Lipinski definition) is 1. The smallest absolute Gasteiger partial charge is 0.0949 e. The molecule has 1 rings (SSSR count). The van der Waals surface area contributed by atoms with Crippen molar-refractivity contribution in [3.63, 3.8) is 0 Å². The SMILES string of the molecule is CCC(C)[CH]n1ccnc1. The average molecular weight is 137 g/mol. The molecule has 0 aliphatic heterocycles. The summed E-state index contributed by atoms with van der Waals surface area (Å²) in [6.45, 7) is 6.53. The highest BCUT2D eigenvalue weighted by Crippen LogP contribution is 2.05. The van der Waals surface area contributed by atoms with Crippen LogP contribution in [0.25, 0.3) is 0 Å². The van der Waals surface area contributed by atoms with E-state index in [4.69, 9.17) is 0 Å². The first kappa shape index (κ1) is 7.32. The zero-order chi connectivity index (χ0) is 7.40. The molecule has 0 aromatic carbocycles. The van der Waals surface area contributed by atoms with E-state index in [2.05, 4.69) is 25.4 Å². The number of aromatic nitrogens is 2. The Hall–Kier alpha value is -0.790. The molecule has 0 saturated heterocycles. The Morgan fingerprint density at radius 3 is 3.00 bits per heavy atom. The van der Waals surface area contributed by atoms with Gasteiger partial charge in [0.05, 0.1) is 12.9 Å². The molecular formula is C8H13N2. The van der Waals surface area contributed by atoms with E-state index < -0.39 is 0 Å². The van der Waals surface area contributed by atoms with Gasteiger partial charge in [0.2, 0.25) is 0 Å². The van der Waals surface area contributed by atoms with Crippen molar-refractivity contribution in [2.24, 2.45) is 5.92 Å². The molecule has 2 heteroatoms. The molecule has 1 radical (unpaired) electrons. The van der Waals surface area contributed by atoms with Crippen LogP contribution in [0.5, 0.6) is 0 Å². The fraction of sp³-hybridized carbons (Fsp3) is 0.500. The third kappa shape index (κ3) is 1.87. The Morgan fingerprint density at radius 2 is 2.50 bits per heavy atom. The predicted octanol–water partition coefficient (Wildman–Crippen LogP) is 1.94. The highest BCUT2D eigenvalue weighted by Gasteiger charge is 1.98. The lowest BCUT2D eigenvalue weighted by molar-refractivity contribution is 0.599. The van der Waals surface area contributed by atoms with Gasteiger partial charge in [0, 0.05) is 12.4 Å².